The molecule has 0 radical (unpaired) electrons. The highest BCUT2D eigenvalue weighted by Gasteiger charge is 2.15. The molecule has 0 aliphatic heterocycles. The Kier molecular flexibility index (Phi) is 5.06. The van der Waals surface area contributed by atoms with E-state index in [1.54, 1.807) is 12.1 Å². The van der Waals surface area contributed by atoms with E-state index in [9.17, 15) is 4.79 Å². The maximum atomic E-state index is 11.8. The molecule has 0 unspecified atom stereocenters. The number of ketones is 1. The van der Waals surface area contributed by atoms with Crippen molar-refractivity contribution in [1.29, 1.82) is 0 Å². The number of benzene rings is 1. The molecule has 0 saturated carbocycles. The van der Waals surface area contributed by atoms with Gasteiger partial charge in [-0.25, -0.2) is 0 Å². The van der Waals surface area contributed by atoms with Crippen LogP contribution in [0, 0.1) is 0 Å². The van der Waals surface area contributed by atoms with Crippen LogP contribution in [-0.4, -0.2) is 19.4 Å². The highest BCUT2D eigenvalue weighted by atomic mass is 35.5. The summed E-state index contributed by atoms with van der Waals surface area (Å²) in [5, 5.41) is 0.757. The van der Waals surface area contributed by atoms with E-state index in [0.717, 1.165) is 0 Å². The smallest absolute Gasteiger partial charge is 0.166 e. The molecule has 1 aromatic rings. The molecule has 0 bridgehead atoms. The molecule has 3 nitrogen and oxygen atoms in total. The fraction of sp³-hybridized carbons (Fsp3) is 0.364. The predicted molar refractivity (Wildman–Crippen MR) is 65.6 cm³/mol. The second-order valence-electron chi connectivity index (χ2n) is 3.28. The van der Waals surface area contributed by atoms with E-state index < -0.39 is 0 Å². The number of hydrogen-bond donors (Lipinski definition) is 1. The van der Waals surface area contributed by atoms with Crippen LogP contribution in [0.15, 0.2) is 12.1 Å². The number of carbonyl (C=O) groups is 1. The van der Waals surface area contributed by atoms with Crippen LogP contribution in [0.4, 0.5) is 0 Å². The highest BCUT2D eigenvalue weighted by molar-refractivity contribution is 6.36. The van der Waals surface area contributed by atoms with Gasteiger partial charge >= 0.3 is 0 Å². The summed E-state index contributed by atoms with van der Waals surface area (Å²) in [5.41, 5.74) is 5.76. The summed E-state index contributed by atoms with van der Waals surface area (Å²) in [6.45, 7) is 0.475. The molecule has 0 saturated heterocycles. The van der Waals surface area contributed by atoms with Gasteiger partial charge in [-0.15, -0.1) is 0 Å². The molecule has 1 aromatic carbocycles. The van der Waals surface area contributed by atoms with Crippen LogP contribution in [0.25, 0.3) is 0 Å². The Morgan fingerprint density at radius 3 is 2.69 bits per heavy atom. The Morgan fingerprint density at radius 1 is 1.44 bits per heavy atom. The van der Waals surface area contributed by atoms with Gasteiger partial charge in [0.05, 0.1) is 17.7 Å². The maximum Gasteiger partial charge on any atom is 0.166 e. The molecule has 0 aliphatic rings. The molecule has 0 heterocycles. The minimum absolute atomic E-state index is 0.0632. The molecule has 0 fully saturated rings. The third kappa shape index (κ3) is 3.11. The van der Waals surface area contributed by atoms with Crippen LogP contribution in [0.3, 0.4) is 0 Å². The Hall–Kier alpha value is -0.770. The second kappa shape index (κ2) is 6.09. The van der Waals surface area contributed by atoms with Gasteiger partial charge in [-0.3, -0.25) is 4.79 Å². The van der Waals surface area contributed by atoms with E-state index >= 15 is 0 Å². The van der Waals surface area contributed by atoms with Gasteiger partial charge in [0.25, 0.3) is 0 Å². The minimum atomic E-state index is -0.0632. The molecule has 16 heavy (non-hydrogen) atoms. The molecule has 0 aromatic heterocycles. The summed E-state index contributed by atoms with van der Waals surface area (Å²) in [6, 6.07) is 3.10. The molecule has 0 atom stereocenters. The van der Waals surface area contributed by atoms with Crippen LogP contribution in [0.5, 0.6) is 5.75 Å². The third-order valence-corrected chi connectivity index (χ3v) is 2.62. The van der Waals surface area contributed by atoms with Gasteiger partial charge in [-0.2, -0.15) is 0 Å². The fourth-order valence-corrected chi connectivity index (χ4v) is 1.94. The maximum absolute atomic E-state index is 11.8. The zero-order valence-corrected chi connectivity index (χ0v) is 10.4. The van der Waals surface area contributed by atoms with E-state index in [1.165, 1.54) is 7.11 Å². The van der Waals surface area contributed by atoms with E-state index in [1.807, 2.05) is 0 Å². The van der Waals surface area contributed by atoms with E-state index in [0.29, 0.717) is 40.7 Å². The molecule has 1 rings (SSSR count). The molecule has 2 N–H and O–H groups in total. The van der Waals surface area contributed by atoms with Crippen molar-refractivity contribution in [2.24, 2.45) is 5.73 Å². The van der Waals surface area contributed by atoms with Gasteiger partial charge in [-0.05, 0) is 25.1 Å². The van der Waals surface area contributed by atoms with Gasteiger partial charge in [0.1, 0.15) is 5.75 Å². The van der Waals surface area contributed by atoms with Gasteiger partial charge in [0, 0.05) is 11.4 Å². The predicted octanol–water partition coefficient (Wildman–Crippen LogP) is 2.92. The first-order chi connectivity index (χ1) is 7.60. The van der Waals surface area contributed by atoms with Gasteiger partial charge < -0.3 is 10.5 Å². The van der Waals surface area contributed by atoms with Crippen molar-refractivity contribution in [1.82, 2.24) is 0 Å². The number of halogens is 2. The largest absolute Gasteiger partial charge is 0.494 e. The van der Waals surface area contributed by atoms with E-state index in [-0.39, 0.29) is 5.78 Å². The lowest BCUT2D eigenvalue weighted by Gasteiger charge is -2.09. The molecular formula is C11H13Cl2NO2. The third-order valence-electron chi connectivity index (χ3n) is 2.12. The summed E-state index contributed by atoms with van der Waals surface area (Å²) in [4.78, 5) is 11.8. The number of rotatable bonds is 5. The second-order valence-corrected chi connectivity index (χ2v) is 4.13. The van der Waals surface area contributed by atoms with Gasteiger partial charge in [0.2, 0.25) is 0 Å². The molecule has 0 spiro atoms. The van der Waals surface area contributed by atoms with Crippen molar-refractivity contribution < 1.29 is 9.53 Å². The highest BCUT2D eigenvalue weighted by Crippen LogP contribution is 2.32. The van der Waals surface area contributed by atoms with Crippen molar-refractivity contribution in [2.75, 3.05) is 13.7 Å². The topological polar surface area (TPSA) is 52.3 Å². The summed E-state index contributed by atoms with van der Waals surface area (Å²) in [5.74, 6) is 0.305. The van der Waals surface area contributed by atoms with E-state index in [4.69, 9.17) is 33.7 Å². The van der Waals surface area contributed by atoms with Gasteiger partial charge in [-0.1, -0.05) is 23.2 Å². The first kappa shape index (κ1) is 13.3. The summed E-state index contributed by atoms with van der Waals surface area (Å²) in [6.07, 6.45) is 0.996. The first-order valence-corrected chi connectivity index (χ1v) is 5.62. The van der Waals surface area contributed by atoms with Crippen molar-refractivity contribution in [3.05, 3.63) is 27.7 Å². The SMILES string of the molecule is COc1c(Cl)cc(Cl)cc1C(=O)CCCN. The summed E-state index contributed by atoms with van der Waals surface area (Å²) in [7, 11) is 1.47. The number of Topliss-reactive ketones (excluding diaryl/α,β-unsaturated/α-hetero) is 1. The van der Waals surface area contributed by atoms with Crippen molar-refractivity contribution in [3.63, 3.8) is 0 Å². The van der Waals surface area contributed by atoms with E-state index in [2.05, 4.69) is 0 Å². The van der Waals surface area contributed by atoms with Crippen LogP contribution >= 0.6 is 23.2 Å². The molecule has 0 aliphatic carbocycles. The lowest BCUT2D eigenvalue weighted by atomic mass is 10.1. The average molecular weight is 262 g/mol. The monoisotopic (exact) mass is 261 g/mol. The Bertz CT molecular complexity index is 394. The average Bonchev–Trinajstić information content (AvgIpc) is 2.24. The molecule has 88 valence electrons. The Morgan fingerprint density at radius 2 is 2.12 bits per heavy atom. The Balaban J connectivity index is 3.05. The van der Waals surface area contributed by atoms with Crippen LogP contribution < -0.4 is 10.5 Å². The summed E-state index contributed by atoms with van der Waals surface area (Å²) >= 11 is 11.8. The van der Waals surface area contributed by atoms with Crippen LogP contribution in [0.2, 0.25) is 10.0 Å². The summed E-state index contributed by atoms with van der Waals surface area (Å²) < 4.78 is 5.09. The lowest BCUT2D eigenvalue weighted by Crippen LogP contribution is -2.06. The normalized spacial score (nSPS) is 10.2. The van der Waals surface area contributed by atoms with Crippen molar-refractivity contribution in [2.45, 2.75) is 12.8 Å². The standard InChI is InChI=1S/C11H13Cl2NO2/c1-16-11-8(10(15)3-2-4-14)5-7(12)6-9(11)13/h5-6H,2-4,14H2,1H3. The Labute approximate surface area is 104 Å². The fourth-order valence-electron chi connectivity index (χ4n) is 1.37. The number of methoxy groups -OCH3 is 1. The number of carbonyl (C=O) groups excluding carboxylic acids is 1. The zero-order valence-electron chi connectivity index (χ0n) is 8.93. The molecule has 0 amide bonds. The minimum Gasteiger partial charge on any atom is -0.494 e. The van der Waals surface area contributed by atoms with Crippen molar-refractivity contribution in [3.8, 4) is 5.75 Å². The van der Waals surface area contributed by atoms with Crippen molar-refractivity contribution >= 4 is 29.0 Å². The molecule has 5 heteroatoms. The number of hydrogen-bond acceptors (Lipinski definition) is 3. The van der Waals surface area contributed by atoms with Crippen LogP contribution in [0.1, 0.15) is 23.2 Å². The van der Waals surface area contributed by atoms with Gasteiger partial charge in [0.15, 0.2) is 5.78 Å². The zero-order chi connectivity index (χ0) is 12.1. The number of nitrogens with two attached hydrogens (primary N) is 1. The molecular weight excluding hydrogens is 249 g/mol. The quantitative estimate of drug-likeness (QED) is 0.830. The first-order valence-electron chi connectivity index (χ1n) is 4.86. The number of ether oxygens (including phenoxy) is 1. The van der Waals surface area contributed by atoms with Crippen LogP contribution in [-0.2, 0) is 0 Å². The lowest BCUT2D eigenvalue weighted by molar-refractivity contribution is 0.0978.